The predicted molar refractivity (Wildman–Crippen MR) is 112 cm³/mol. The summed E-state index contributed by atoms with van der Waals surface area (Å²) in [6, 6.07) is 0. The number of carbonyl (C=O) groups excluding carboxylic acids is 1. The van der Waals surface area contributed by atoms with Gasteiger partial charge < -0.3 is 9.84 Å². The Morgan fingerprint density at radius 1 is 0.680 bits per heavy atom. The topological polar surface area (TPSA) is 46.5 Å². The van der Waals surface area contributed by atoms with Crippen LogP contribution in [0.25, 0.3) is 0 Å². The van der Waals surface area contributed by atoms with Gasteiger partial charge in [0.05, 0.1) is 6.61 Å². The molecule has 5 heteroatoms. The molecule has 0 unspecified atom stereocenters. The Balaban J connectivity index is -0.00000242. The van der Waals surface area contributed by atoms with Crippen LogP contribution < -0.4 is 0 Å². The number of unbranched alkanes of at least 4 members (excludes halogenated alkanes) is 14. The van der Waals surface area contributed by atoms with Crippen LogP contribution in [0.1, 0.15) is 110 Å². The molecule has 1 N–H and O–H groups in total. The predicted octanol–water partition coefficient (Wildman–Crippen LogP) is 4.49. The number of ether oxygens (including phenoxy) is 1. The van der Waals surface area contributed by atoms with Crippen LogP contribution in [0.3, 0.4) is 0 Å². The standard InChI is InChI=1S/C20H40O3.2Na.2H/c1-2-3-4-5-6-7-8-9-10-11-12-13-14-15-16-17-20(22)23-19-18-21;;;;/h21H,2-19H2,1H3;;;;. The van der Waals surface area contributed by atoms with E-state index in [-0.39, 0.29) is 78.3 Å². The Morgan fingerprint density at radius 2 is 1.04 bits per heavy atom. The molecule has 0 aromatic rings. The molecule has 0 amide bonds. The van der Waals surface area contributed by atoms with E-state index in [0.717, 1.165) is 12.8 Å². The van der Waals surface area contributed by atoms with Crippen molar-refractivity contribution in [2.45, 2.75) is 110 Å². The summed E-state index contributed by atoms with van der Waals surface area (Å²) in [5, 5.41) is 8.54. The minimum atomic E-state index is -0.172. The van der Waals surface area contributed by atoms with Crippen LogP contribution >= 0.6 is 0 Å². The SMILES string of the molecule is CCCCCCCCCCCCCCCCCC(=O)OCCO.[NaH].[NaH]. The molecule has 0 radical (unpaired) electrons. The molecule has 0 spiro atoms. The molecule has 0 fully saturated rings. The molecule has 3 nitrogen and oxygen atoms in total. The average Bonchev–Trinajstić information content (AvgIpc) is 2.56. The molecule has 0 atom stereocenters. The van der Waals surface area contributed by atoms with Gasteiger partial charge in [0, 0.05) is 6.42 Å². The maximum absolute atomic E-state index is 11.2. The zero-order valence-electron chi connectivity index (χ0n) is 15.5. The Hall–Kier alpha value is 1.43. The Labute approximate surface area is 201 Å². The first kappa shape index (κ1) is 31.1. The van der Waals surface area contributed by atoms with E-state index in [1.165, 1.54) is 83.5 Å². The molecule has 0 aliphatic heterocycles. The number of esters is 1. The Morgan fingerprint density at radius 3 is 1.40 bits per heavy atom. The van der Waals surface area contributed by atoms with Crippen LogP contribution in [0.5, 0.6) is 0 Å². The van der Waals surface area contributed by atoms with Gasteiger partial charge in [-0.15, -0.1) is 0 Å². The van der Waals surface area contributed by atoms with Gasteiger partial charge in [0.1, 0.15) is 6.61 Å². The summed E-state index contributed by atoms with van der Waals surface area (Å²) >= 11 is 0. The second kappa shape index (κ2) is 27.6. The third-order valence-electron chi connectivity index (χ3n) is 4.34. The van der Waals surface area contributed by atoms with Crippen molar-refractivity contribution >= 4 is 65.1 Å². The van der Waals surface area contributed by atoms with Crippen LogP contribution in [0.2, 0.25) is 0 Å². The number of rotatable bonds is 18. The normalized spacial score (nSPS) is 10.0. The van der Waals surface area contributed by atoms with Gasteiger partial charge in [0.2, 0.25) is 0 Å². The third kappa shape index (κ3) is 27.7. The van der Waals surface area contributed by atoms with Crippen molar-refractivity contribution in [2.24, 2.45) is 0 Å². The average molecular weight is 377 g/mol. The Kier molecular flexibility index (Phi) is 34.4. The van der Waals surface area contributed by atoms with Gasteiger partial charge in [-0.1, -0.05) is 96.8 Å². The van der Waals surface area contributed by atoms with Crippen LogP contribution in [-0.2, 0) is 9.53 Å². The summed E-state index contributed by atoms with van der Waals surface area (Å²) in [6.07, 6.45) is 20.4. The number of hydrogen-bond donors (Lipinski definition) is 1. The maximum atomic E-state index is 11.2. The van der Waals surface area contributed by atoms with Gasteiger partial charge in [-0.3, -0.25) is 4.79 Å². The first-order valence-electron chi connectivity index (χ1n) is 10.1. The molecule has 0 saturated heterocycles. The van der Waals surface area contributed by atoms with Gasteiger partial charge in [-0.2, -0.15) is 0 Å². The van der Waals surface area contributed by atoms with E-state index in [0.29, 0.717) is 6.42 Å². The summed E-state index contributed by atoms with van der Waals surface area (Å²) in [5.74, 6) is -0.172. The second-order valence-electron chi connectivity index (χ2n) is 6.64. The van der Waals surface area contributed by atoms with E-state index in [2.05, 4.69) is 6.92 Å². The van der Waals surface area contributed by atoms with Crippen molar-refractivity contribution in [3.05, 3.63) is 0 Å². The van der Waals surface area contributed by atoms with E-state index in [4.69, 9.17) is 9.84 Å². The number of aliphatic hydroxyl groups excluding tert-OH is 1. The molecule has 25 heavy (non-hydrogen) atoms. The number of carbonyl (C=O) groups is 1. The quantitative estimate of drug-likeness (QED) is 0.218. The van der Waals surface area contributed by atoms with Crippen molar-refractivity contribution in [2.75, 3.05) is 13.2 Å². The van der Waals surface area contributed by atoms with Gasteiger partial charge in [0.15, 0.2) is 0 Å². The van der Waals surface area contributed by atoms with Gasteiger partial charge in [-0.05, 0) is 6.42 Å². The summed E-state index contributed by atoms with van der Waals surface area (Å²) in [7, 11) is 0. The fraction of sp³-hybridized carbons (Fsp3) is 0.950. The summed E-state index contributed by atoms with van der Waals surface area (Å²) in [6.45, 7) is 2.33. The van der Waals surface area contributed by atoms with E-state index < -0.39 is 0 Å². The van der Waals surface area contributed by atoms with E-state index in [1.54, 1.807) is 0 Å². The fourth-order valence-corrected chi connectivity index (χ4v) is 2.87. The zero-order valence-corrected chi connectivity index (χ0v) is 15.5. The van der Waals surface area contributed by atoms with Crippen molar-refractivity contribution < 1.29 is 14.6 Å². The first-order chi connectivity index (χ1) is 11.3. The molecule has 0 rings (SSSR count). The van der Waals surface area contributed by atoms with E-state index >= 15 is 0 Å². The molecule has 0 aliphatic rings. The fourth-order valence-electron chi connectivity index (χ4n) is 2.87. The monoisotopic (exact) mass is 376 g/mol. The third-order valence-corrected chi connectivity index (χ3v) is 4.34. The molecular formula is C20H42Na2O3. The van der Waals surface area contributed by atoms with Crippen LogP contribution in [0.4, 0.5) is 0 Å². The number of aliphatic hydroxyl groups is 1. The van der Waals surface area contributed by atoms with Crippen molar-refractivity contribution in [1.82, 2.24) is 0 Å². The molecule has 0 saturated carbocycles. The van der Waals surface area contributed by atoms with Crippen LogP contribution in [0, 0.1) is 0 Å². The molecule has 142 valence electrons. The molecule has 0 bridgehead atoms. The van der Waals surface area contributed by atoms with Crippen LogP contribution in [0.15, 0.2) is 0 Å². The van der Waals surface area contributed by atoms with Crippen molar-refractivity contribution in [3.8, 4) is 0 Å². The molecule has 0 aromatic heterocycles. The summed E-state index contributed by atoms with van der Waals surface area (Å²) < 4.78 is 4.82. The zero-order chi connectivity index (χ0) is 17.0. The minimum absolute atomic E-state index is 0. The number of hydrogen-bond acceptors (Lipinski definition) is 3. The summed E-state index contributed by atoms with van der Waals surface area (Å²) in [5.41, 5.74) is 0. The van der Waals surface area contributed by atoms with Crippen molar-refractivity contribution in [3.63, 3.8) is 0 Å². The molecule has 0 aromatic carbocycles. The molecular weight excluding hydrogens is 334 g/mol. The summed E-state index contributed by atoms with van der Waals surface area (Å²) in [4.78, 5) is 11.2. The van der Waals surface area contributed by atoms with Gasteiger partial charge in [-0.25, -0.2) is 0 Å². The van der Waals surface area contributed by atoms with Crippen molar-refractivity contribution in [1.29, 1.82) is 0 Å². The molecule has 0 aliphatic carbocycles. The second-order valence-corrected chi connectivity index (χ2v) is 6.64. The van der Waals surface area contributed by atoms with Gasteiger partial charge in [0.25, 0.3) is 0 Å². The first-order valence-corrected chi connectivity index (χ1v) is 10.1. The van der Waals surface area contributed by atoms with Gasteiger partial charge >= 0.3 is 65.1 Å². The van der Waals surface area contributed by atoms with E-state index in [1.807, 2.05) is 0 Å². The molecule has 0 heterocycles. The van der Waals surface area contributed by atoms with E-state index in [9.17, 15) is 4.79 Å². The van der Waals surface area contributed by atoms with Crippen LogP contribution in [-0.4, -0.2) is 83.4 Å². The Bertz CT molecular complexity index is 251.